The number of hydrogen-bond acceptors (Lipinski definition) is 3. The van der Waals surface area contributed by atoms with Gasteiger partial charge in [-0.2, -0.15) is 0 Å². The lowest BCUT2D eigenvalue weighted by molar-refractivity contribution is 0.199. The van der Waals surface area contributed by atoms with Gasteiger partial charge in [0.25, 0.3) is 0 Å². The fourth-order valence-electron chi connectivity index (χ4n) is 1.23. The third-order valence-corrected chi connectivity index (χ3v) is 2.97. The predicted octanol–water partition coefficient (Wildman–Crippen LogP) is 2.61. The van der Waals surface area contributed by atoms with E-state index in [4.69, 9.17) is 0 Å². The molecule has 3 nitrogen and oxygen atoms in total. The van der Waals surface area contributed by atoms with Gasteiger partial charge in [-0.1, -0.05) is 23.9 Å². The second-order valence-electron chi connectivity index (χ2n) is 3.24. The van der Waals surface area contributed by atoms with Gasteiger partial charge in [-0.05, 0) is 24.6 Å². The molecule has 1 aromatic heterocycles. The van der Waals surface area contributed by atoms with Gasteiger partial charge in [0.15, 0.2) is 5.16 Å². The molecule has 0 aliphatic carbocycles. The van der Waals surface area contributed by atoms with E-state index in [1.807, 2.05) is 24.3 Å². The fourth-order valence-corrected chi connectivity index (χ4v) is 1.97. The molecule has 0 amide bonds. The molecule has 2 N–H and O–H groups in total. The quantitative estimate of drug-likeness (QED) is 0.836. The highest BCUT2D eigenvalue weighted by Crippen LogP contribution is 2.25. The summed E-state index contributed by atoms with van der Waals surface area (Å²) in [7, 11) is 0. The van der Waals surface area contributed by atoms with Crippen molar-refractivity contribution in [2.45, 2.75) is 23.1 Å². The van der Waals surface area contributed by atoms with E-state index in [1.54, 1.807) is 31.1 Å². The van der Waals surface area contributed by atoms with Gasteiger partial charge in [-0.3, -0.25) is 0 Å². The van der Waals surface area contributed by atoms with Crippen molar-refractivity contribution in [1.82, 2.24) is 9.97 Å². The average molecular weight is 220 g/mol. The van der Waals surface area contributed by atoms with Crippen LogP contribution >= 0.6 is 11.8 Å². The Hall–Kier alpha value is -1.26. The third-order valence-electron chi connectivity index (χ3n) is 2.05. The van der Waals surface area contributed by atoms with Crippen molar-refractivity contribution >= 4 is 11.8 Å². The Morgan fingerprint density at radius 1 is 1.33 bits per heavy atom. The van der Waals surface area contributed by atoms with Gasteiger partial charge in [0.2, 0.25) is 0 Å². The Bertz CT molecular complexity index is 409. The van der Waals surface area contributed by atoms with E-state index < -0.39 is 6.10 Å². The lowest BCUT2D eigenvalue weighted by Crippen LogP contribution is -1.89. The molecule has 0 saturated carbocycles. The van der Waals surface area contributed by atoms with Gasteiger partial charge in [-0.25, -0.2) is 4.98 Å². The molecule has 0 fully saturated rings. The second kappa shape index (κ2) is 4.51. The summed E-state index contributed by atoms with van der Waals surface area (Å²) in [5.41, 5.74) is 0.929. The molecule has 78 valence electrons. The Morgan fingerprint density at radius 2 is 2.07 bits per heavy atom. The lowest BCUT2D eigenvalue weighted by atomic mass is 10.1. The maximum absolute atomic E-state index is 9.35. The van der Waals surface area contributed by atoms with E-state index in [2.05, 4.69) is 9.97 Å². The van der Waals surface area contributed by atoms with Crippen LogP contribution in [-0.4, -0.2) is 15.1 Å². The molecule has 0 spiro atoms. The molecule has 1 aromatic carbocycles. The molecule has 0 radical (unpaired) electrons. The number of benzene rings is 1. The minimum absolute atomic E-state index is 0.410. The zero-order valence-corrected chi connectivity index (χ0v) is 9.16. The van der Waals surface area contributed by atoms with Crippen LogP contribution in [0.25, 0.3) is 0 Å². The predicted molar refractivity (Wildman–Crippen MR) is 59.8 cm³/mol. The summed E-state index contributed by atoms with van der Waals surface area (Å²) in [6.45, 7) is 1.76. The van der Waals surface area contributed by atoms with Gasteiger partial charge in [-0.15, -0.1) is 0 Å². The van der Waals surface area contributed by atoms with Crippen molar-refractivity contribution in [1.29, 1.82) is 0 Å². The molecule has 0 aliphatic rings. The standard InChI is InChI=1S/C11H12N2OS/c1-8(14)9-2-4-10(5-3-9)15-11-12-6-7-13-11/h2-8,14H,1H3,(H,12,13). The first-order valence-electron chi connectivity index (χ1n) is 4.71. The van der Waals surface area contributed by atoms with E-state index in [0.717, 1.165) is 15.6 Å². The van der Waals surface area contributed by atoms with Gasteiger partial charge in [0.05, 0.1) is 6.10 Å². The number of aliphatic hydroxyl groups is 1. The van der Waals surface area contributed by atoms with Gasteiger partial charge < -0.3 is 10.1 Å². The van der Waals surface area contributed by atoms with E-state index >= 15 is 0 Å². The van der Waals surface area contributed by atoms with Crippen LogP contribution in [0.3, 0.4) is 0 Å². The molecule has 15 heavy (non-hydrogen) atoms. The van der Waals surface area contributed by atoms with E-state index in [-0.39, 0.29) is 0 Å². The van der Waals surface area contributed by atoms with Gasteiger partial charge in [0, 0.05) is 17.3 Å². The van der Waals surface area contributed by atoms with Gasteiger partial charge >= 0.3 is 0 Å². The topological polar surface area (TPSA) is 48.9 Å². The smallest absolute Gasteiger partial charge is 0.170 e. The summed E-state index contributed by atoms with van der Waals surface area (Å²) in [5, 5.41) is 10.2. The van der Waals surface area contributed by atoms with Crippen LogP contribution in [-0.2, 0) is 0 Å². The third kappa shape index (κ3) is 2.61. The lowest BCUT2D eigenvalue weighted by Gasteiger charge is -2.04. The number of aromatic amines is 1. The zero-order valence-electron chi connectivity index (χ0n) is 8.34. The molecule has 0 aliphatic heterocycles. The number of hydrogen-bond donors (Lipinski definition) is 2. The molecule has 4 heteroatoms. The highest BCUT2D eigenvalue weighted by atomic mass is 32.2. The Labute approximate surface area is 92.6 Å². The number of aromatic nitrogens is 2. The first-order valence-corrected chi connectivity index (χ1v) is 5.52. The molecule has 0 saturated heterocycles. The molecule has 2 rings (SSSR count). The van der Waals surface area contributed by atoms with Crippen LogP contribution in [0.2, 0.25) is 0 Å². The van der Waals surface area contributed by atoms with E-state index in [0.29, 0.717) is 0 Å². The number of nitrogens with zero attached hydrogens (tertiary/aromatic N) is 1. The molecule has 1 atom stereocenters. The first-order chi connectivity index (χ1) is 7.25. The van der Waals surface area contributed by atoms with Crippen LogP contribution in [0.15, 0.2) is 46.7 Å². The SMILES string of the molecule is CC(O)c1ccc(Sc2ncc[nH]2)cc1. The minimum atomic E-state index is -0.410. The summed E-state index contributed by atoms with van der Waals surface area (Å²) in [4.78, 5) is 8.26. The summed E-state index contributed by atoms with van der Waals surface area (Å²) in [5.74, 6) is 0. The second-order valence-corrected chi connectivity index (χ2v) is 4.30. The highest BCUT2D eigenvalue weighted by molar-refractivity contribution is 7.99. The summed E-state index contributed by atoms with van der Waals surface area (Å²) in [6, 6.07) is 7.82. The fraction of sp³-hybridized carbons (Fsp3) is 0.182. The van der Waals surface area contributed by atoms with Crippen molar-refractivity contribution in [3.8, 4) is 0 Å². The Morgan fingerprint density at radius 3 is 2.60 bits per heavy atom. The number of nitrogens with one attached hydrogen (secondary N) is 1. The Balaban J connectivity index is 2.11. The number of aliphatic hydroxyl groups excluding tert-OH is 1. The monoisotopic (exact) mass is 220 g/mol. The minimum Gasteiger partial charge on any atom is -0.389 e. The van der Waals surface area contributed by atoms with Crippen molar-refractivity contribution < 1.29 is 5.11 Å². The Kier molecular flexibility index (Phi) is 3.08. The summed E-state index contributed by atoms with van der Waals surface area (Å²) >= 11 is 1.57. The van der Waals surface area contributed by atoms with Crippen LogP contribution in [0, 0.1) is 0 Å². The van der Waals surface area contributed by atoms with Crippen LogP contribution in [0.1, 0.15) is 18.6 Å². The molecule has 1 heterocycles. The van der Waals surface area contributed by atoms with E-state index in [9.17, 15) is 5.11 Å². The number of imidazole rings is 1. The average Bonchev–Trinajstić information content (AvgIpc) is 2.71. The van der Waals surface area contributed by atoms with Crippen molar-refractivity contribution in [3.05, 3.63) is 42.2 Å². The van der Waals surface area contributed by atoms with Crippen LogP contribution in [0.4, 0.5) is 0 Å². The van der Waals surface area contributed by atoms with Crippen molar-refractivity contribution in [2.24, 2.45) is 0 Å². The summed E-state index contributed by atoms with van der Waals surface area (Å²) in [6.07, 6.45) is 3.12. The van der Waals surface area contributed by atoms with Gasteiger partial charge in [0.1, 0.15) is 0 Å². The van der Waals surface area contributed by atoms with E-state index in [1.165, 1.54) is 0 Å². The summed E-state index contributed by atoms with van der Waals surface area (Å²) < 4.78 is 0. The first kappa shape index (κ1) is 10.3. The number of H-pyrrole nitrogens is 1. The van der Waals surface area contributed by atoms with Crippen molar-refractivity contribution in [2.75, 3.05) is 0 Å². The van der Waals surface area contributed by atoms with Crippen LogP contribution in [0.5, 0.6) is 0 Å². The van der Waals surface area contributed by atoms with Crippen molar-refractivity contribution in [3.63, 3.8) is 0 Å². The normalized spacial score (nSPS) is 12.7. The maximum atomic E-state index is 9.35. The molecule has 2 aromatic rings. The molecule has 1 unspecified atom stereocenters. The zero-order chi connectivity index (χ0) is 10.7. The highest BCUT2D eigenvalue weighted by Gasteiger charge is 2.02. The molecular formula is C11H12N2OS. The largest absolute Gasteiger partial charge is 0.389 e. The molecular weight excluding hydrogens is 208 g/mol. The van der Waals surface area contributed by atoms with Crippen LogP contribution < -0.4 is 0 Å². The molecule has 0 bridgehead atoms. The maximum Gasteiger partial charge on any atom is 0.170 e. The number of rotatable bonds is 3.